The summed E-state index contributed by atoms with van der Waals surface area (Å²) in [6.07, 6.45) is -0.943. The molecule has 5 heteroatoms. The van der Waals surface area contributed by atoms with Crippen molar-refractivity contribution < 1.29 is 38.2 Å². The van der Waals surface area contributed by atoms with Gasteiger partial charge in [0.05, 0.1) is 5.58 Å². The molecule has 4 heterocycles. The smallest absolute Gasteiger partial charge is 0.216 e. The third-order valence-corrected chi connectivity index (χ3v) is 7.68. The third kappa shape index (κ3) is 8.59. The minimum absolute atomic E-state index is 0. The number of aryl methyl sites for hydroxylation is 2. The maximum atomic E-state index is 9.41. The second-order valence-electron chi connectivity index (χ2n) is 13.1. The number of pyridine rings is 3. The Balaban J connectivity index is 0.000000433. The van der Waals surface area contributed by atoms with E-state index in [0.717, 1.165) is 17.5 Å². The second-order valence-corrected chi connectivity index (χ2v) is 13.1. The first-order valence-corrected chi connectivity index (χ1v) is 15.7. The standard InChI is InChI=1S/C33H35N2O.C11H8N.Ir/c1-21-20-34-29(28-10-8-9-26-27-16-11-22(2)35-31(27)36-30(26)28)17-24(21)19-33(6,7)25-14-12-23(13-15-25)18-32(3,4)5;1-2-6-10(7-3-1)11-8-4-5-9-12-11;/h8-9,11-17,20H,18-19H2,1-7H3;1-6,8-9H;/q2*-1;/i1D3,2D3,18D2,19D2;;. The molecular formula is C44H43IrN3O-2. The van der Waals surface area contributed by atoms with Gasteiger partial charge in [-0.2, -0.15) is 0 Å². The number of rotatable bonds is 6. The summed E-state index contributed by atoms with van der Waals surface area (Å²) in [6, 6.07) is 34.4. The fourth-order valence-corrected chi connectivity index (χ4v) is 5.39. The fraction of sp³-hybridized carbons (Fsp3) is 0.250. The number of hydrogen-bond acceptors (Lipinski definition) is 4. The van der Waals surface area contributed by atoms with Crippen LogP contribution in [0.4, 0.5) is 0 Å². The largest absolute Gasteiger partial charge is 0.486 e. The average Bonchev–Trinajstić information content (AvgIpc) is 3.56. The van der Waals surface area contributed by atoms with Gasteiger partial charge in [-0.1, -0.05) is 88.0 Å². The van der Waals surface area contributed by atoms with Crippen molar-refractivity contribution in [1.29, 1.82) is 0 Å². The third-order valence-electron chi connectivity index (χ3n) is 7.68. The molecule has 0 aliphatic heterocycles. The molecule has 0 saturated heterocycles. The van der Waals surface area contributed by atoms with E-state index in [1.807, 2.05) is 63.2 Å². The Morgan fingerprint density at radius 2 is 1.59 bits per heavy atom. The van der Waals surface area contributed by atoms with E-state index in [9.17, 15) is 2.74 Å². The molecule has 251 valence electrons. The number of benzene rings is 3. The van der Waals surface area contributed by atoms with E-state index in [2.05, 4.69) is 27.1 Å². The summed E-state index contributed by atoms with van der Waals surface area (Å²) in [5.74, 6) is 0. The Bertz CT molecular complexity index is 2510. The van der Waals surface area contributed by atoms with Crippen LogP contribution in [0.3, 0.4) is 0 Å². The summed E-state index contributed by atoms with van der Waals surface area (Å²) in [6.45, 7) is 3.70. The quantitative estimate of drug-likeness (QED) is 0.157. The molecule has 0 saturated carbocycles. The number of aromatic nitrogens is 3. The zero-order chi connectivity index (χ0) is 42.5. The molecule has 4 aromatic heterocycles. The number of hydrogen-bond donors (Lipinski definition) is 0. The van der Waals surface area contributed by atoms with Gasteiger partial charge >= 0.3 is 0 Å². The van der Waals surface area contributed by atoms with Crippen LogP contribution >= 0.6 is 0 Å². The first-order chi connectivity index (χ1) is 26.9. The molecule has 0 fully saturated rings. The molecule has 0 unspecified atom stereocenters. The zero-order valence-electron chi connectivity index (χ0n) is 38.0. The Hall–Kier alpha value is -4.44. The minimum atomic E-state index is -2.68. The molecule has 0 amide bonds. The predicted octanol–water partition coefficient (Wildman–Crippen LogP) is 11.1. The zero-order valence-corrected chi connectivity index (χ0v) is 30.4. The molecule has 4 nitrogen and oxygen atoms in total. The molecule has 0 atom stereocenters. The SMILES string of the molecule is [2H]C([2H])([2H])c1ccc2c(n1)oc1c(-c3cc(C([2H])([2H])C(C)(C)c4ccc(C([2H])([2H])C(C)(C)C)cc4)c(C([2H])([2H])[2H])cn3)[c-]ccc12.[Ir].[c-]1ccccc1-c1ccccn1. The van der Waals surface area contributed by atoms with E-state index < -0.39 is 37.3 Å². The van der Waals surface area contributed by atoms with Gasteiger partial charge in [0.1, 0.15) is 0 Å². The van der Waals surface area contributed by atoms with Crippen molar-refractivity contribution in [3.63, 3.8) is 0 Å². The van der Waals surface area contributed by atoms with Crippen molar-refractivity contribution in [2.24, 2.45) is 5.41 Å². The Kier molecular flexibility index (Phi) is 7.54. The van der Waals surface area contributed by atoms with E-state index in [1.165, 1.54) is 12.1 Å². The number of nitrogens with zero attached hydrogens (tertiary/aromatic N) is 3. The molecule has 7 rings (SSSR count). The van der Waals surface area contributed by atoms with Crippen molar-refractivity contribution in [2.75, 3.05) is 0 Å². The first-order valence-electron chi connectivity index (χ1n) is 20.7. The maximum Gasteiger partial charge on any atom is 0.216 e. The van der Waals surface area contributed by atoms with Crippen molar-refractivity contribution in [1.82, 2.24) is 15.0 Å². The predicted molar refractivity (Wildman–Crippen MR) is 198 cm³/mol. The second kappa shape index (κ2) is 15.0. The molecular weight excluding hydrogens is 779 g/mol. The summed E-state index contributed by atoms with van der Waals surface area (Å²) in [4.78, 5) is 12.8. The number of furan rings is 1. The molecule has 1 radical (unpaired) electrons. The molecule has 49 heavy (non-hydrogen) atoms. The van der Waals surface area contributed by atoms with Gasteiger partial charge in [0.25, 0.3) is 0 Å². The van der Waals surface area contributed by atoms with Crippen molar-refractivity contribution in [3.05, 3.63) is 150 Å². The monoisotopic (exact) mass is 832 g/mol. The molecule has 0 aliphatic rings. The van der Waals surface area contributed by atoms with Gasteiger partial charge in [-0.25, -0.2) is 4.98 Å². The number of fused-ring (bicyclic) bond motifs is 3. The van der Waals surface area contributed by atoms with E-state index in [1.54, 1.807) is 62.5 Å². The van der Waals surface area contributed by atoms with Gasteiger partial charge in [0.2, 0.25) is 5.71 Å². The molecule has 7 aromatic rings. The van der Waals surface area contributed by atoms with Crippen molar-refractivity contribution in [2.45, 2.75) is 66.5 Å². The van der Waals surface area contributed by atoms with E-state index in [4.69, 9.17) is 15.4 Å². The van der Waals surface area contributed by atoms with E-state index in [0.29, 0.717) is 33.0 Å². The van der Waals surface area contributed by atoms with E-state index >= 15 is 0 Å². The van der Waals surface area contributed by atoms with Gasteiger partial charge in [0, 0.05) is 57.3 Å². The van der Waals surface area contributed by atoms with Gasteiger partial charge in [-0.15, -0.1) is 54.1 Å². The summed E-state index contributed by atoms with van der Waals surface area (Å²) in [5, 5.41) is 1.20. The molecule has 0 bridgehead atoms. The van der Waals surface area contributed by atoms with Crippen molar-refractivity contribution >= 4 is 22.1 Å². The Morgan fingerprint density at radius 3 is 2.29 bits per heavy atom. The summed E-state index contributed by atoms with van der Waals surface area (Å²) >= 11 is 0. The molecule has 3 aromatic carbocycles. The van der Waals surface area contributed by atoms with E-state index in [-0.39, 0.29) is 48.3 Å². The Morgan fingerprint density at radius 1 is 0.776 bits per heavy atom. The van der Waals surface area contributed by atoms with Gasteiger partial charge in [0.15, 0.2) is 0 Å². The topological polar surface area (TPSA) is 51.8 Å². The summed E-state index contributed by atoms with van der Waals surface area (Å²) in [5.41, 5.74) is 1.61. The fourth-order valence-electron chi connectivity index (χ4n) is 5.39. The average molecular weight is 832 g/mol. The van der Waals surface area contributed by atoms with Gasteiger partial charge in [-0.3, -0.25) is 0 Å². The van der Waals surface area contributed by atoms with Crippen LogP contribution in [0.1, 0.15) is 76.3 Å². The van der Waals surface area contributed by atoms with Crippen LogP contribution in [0.2, 0.25) is 0 Å². The maximum absolute atomic E-state index is 9.41. The summed E-state index contributed by atoms with van der Waals surface area (Å²) in [7, 11) is 0. The van der Waals surface area contributed by atoms with Crippen LogP contribution in [0, 0.1) is 31.3 Å². The van der Waals surface area contributed by atoms with Gasteiger partial charge < -0.3 is 14.4 Å². The summed E-state index contributed by atoms with van der Waals surface area (Å²) < 4.78 is 89.8. The molecule has 0 N–H and O–H groups in total. The first kappa shape index (κ1) is 24.7. The minimum Gasteiger partial charge on any atom is -0.486 e. The Labute approximate surface area is 318 Å². The molecule has 0 spiro atoms. The van der Waals surface area contributed by atoms with Crippen LogP contribution in [-0.2, 0) is 38.3 Å². The van der Waals surface area contributed by atoms with Crippen LogP contribution in [0.5, 0.6) is 0 Å². The van der Waals surface area contributed by atoms with Crippen molar-refractivity contribution in [3.8, 4) is 22.5 Å². The van der Waals surface area contributed by atoms with Crippen LogP contribution in [0.15, 0.2) is 114 Å². The van der Waals surface area contributed by atoms with Gasteiger partial charge in [-0.05, 0) is 89.1 Å². The van der Waals surface area contributed by atoms with Crippen LogP contribution in [0.25, 0.3) is 44.6 Å². The normalized spacial score (nSPS) is 15.7. The van der Waals surface area contributed by atoms with Crippen LogP contribution in [-0.4, -0.2) is 15.0 Å². The van der Waals surface area contributed by atoms with Crippen LogP contribution < -0.4 is 0 Å². The molecule has 0 aliphatic carbocycles.